The zero-order chi connectivity index (χ0) is 13.8. The van der Waals surface area contributed by atoms with Gasteiger partial charge in [0.25, 0.3) is 0 Å². The Morgan fingerprint density at radius 3 is 2.60 bits per heavy atom. The molecule has 1 N–H and O–H groups in total. The first-order valence-electron chi connectivity index (χ1n) is 8.27. The van der Waals surface area contributed by atoms with Crippen molar-refractivity contribution in [2.75, 3.05) is 13.7 Å². The number of nitrogens with one attached hydrogen (secondary N) is 1. The number of benzene rings is 1. The van der Waals surface area contributed by atoms with Crippen LogP contribution in [0, 0.1) is 5.92 Å². The monoisotopic (exact) mass is 273 g/mol. The summed E-state index contributed by atoms with van der Waals surface area (Å²) in [5.74, 6) is 0.763. The van der Waals surface area contributed by atoms with Crippen LogP contribution in [-0.2, 0) is 11.2 Å². The first-order valence-corrected chi connectivity index (χ1v) is 8.27. The van der Waals surface area contributed by atoms with Crippen LogP contribution in [0.2, 0.25) is 0 Å². The molecule has 1 heterocycles. The van der Waals surface area contributed by atoms with Crippen molar-refractivity contribution in [1.29, 1.82) is 0 Å². The van der Waals surface area contributed by atoms with Crippen molar-refractivity contribution < 1.29 is 4.74 Å². The first kappa shape index (κ1) is 14.1. The van der Waals surface area contributed by atoms with Crippen molar-refractivity contribution in [3.8, 4) is 0 Å². The van der Waals surface area contributed by atoms with Gasteiger partial charge in [-0.1, -0.05) is 49.9 Å². The largest absolute Gasteiger partial charge is 0.372 e. The van der Waals surface area contributed by atoms with Crippen molar-refractivity contribution in [1.82, 2.24) is 5.32 Å². The highest BCUT2D eigenvalue weighted by Gasteiger charge is 2.33. The van der Waals surface area contributed by atoms with Crippen molar-refractivity contribution in [3.05, 3.63) is 35.4 Å². The number of rotatable bonds is 3. The SMILES string of the molecule is CNC(C1CCCCCC1)C1OCCc2ccccc21. The third-order valence-electron chi connectivity index (χ3n) is 5.10. The van der Waals surface area contributed by atoms with Gasteiger partial charge < -0.3 is 10.1 Å². The van der Waals surface area contributed by atoms with E-state index in [2.05, 4.69) is 36.6 Å². The van der Waals surface area contributed by atoms with Gasteiger partial charge in [0.05, 0.1) is 12.7 Å². The van der Waals surface area contributed by atoms with Crippen LogP contribution in [0.3, 0.4) is 0 Å². The van der Waals surface area contributed by atoms with E-state index in [9.17, 15) is 0 Å². The summed E-state index contributed by atoms with van der Waals surface area (Å²) in [5.41, 5.74) is 2.90. The summed E-state index contributed by atoms with van der Waals surface area (Å²) < 4.78 is 6.19. The highest BCUT2D eigenvalue weighted by Crippen LogP contribution is 2.36. The summed E-state index contributed by atoms with van der Waals surface area (Å²) in [7, 11) is 2.11. The minimum absolute atomic E-state index is 0.244. The lowest BCUT2D eigenvalue weighted by Gasteiger charge is -2.36. The number of hydrogen-bond donors (Lipinski definition) is 1. The third kappa shape index (κ3) is 2.91. The number of ether oxygens (including phenoxy) is 1. The molecule has 1 aromatic carbocycles. The second kappa shape index (κ2) is 6.73. The second-order valence-electron chi connectivity index (χ2n) is 6.31. The van der Waals surface area contributed by atoms with Gasteiger partial charge in [-0.2, -0.15) is 0 Å². The van der Waals surface area contributed by atoms with E-state index in [1.165, 1.54) is 49.7 Å². The lowest BCUT2D eigenvalue weighted by atomic mass is 9.83. The number of likely N-dealkylation sites (N-methyl/N-ethyl adjacent to an activating group) is 1. The lowest BCUT2D eigenvalue weighted by Crippen LogP contribution is -2.42. The van der Waals surface area contributed by atoms with Gasteiger partial charge >= 0.3 is 0 Å². The molecular formula is C18H27NO. The van der Waals surface area contributed by atoms with Gasteiger partial charge in [-0.05, 0) is 43.4 Å². The summed E-state index contributed by atoms with van der Waals surface area (Å²) >= 11 is 0. The molecule has 0 amide bonds. The average Bonchev–Trinajstić information content (AvgIpc) is 2.78. The molecule has 1 saturated carbocycles. The first-order chi connectivity index (χ1) is 9.90. The Labute approximate surface area is 122 Å². The van der Waals surface area contributed by atoms with Crippen molar-refractivity contribution >= 4 is 0 Å². The molecule has 2 nitrogen and oxygen atoms in total. The quantitative estimate of drug-likeness (QED) is 0.844. The van der Waals surface area contributed by atoms with Gasteiger partial charge in [-0.3, -0.25) is 0 Å². The fraction of sp³-hybridized carbons (Fsp3) is 0.667. The number of hydrogen-bond acceptors (Lipinski definition) is 2. The molecule has 2 atom stereocenters. The fourth-order valence-electron chi connectivity index (χ4n) is 4.03. The standard InChI is InChI=1S/C18H27NO/c1-19-17(15-9-4-2-3-5-10-15)18-16-11-7-6-8-14(16)12-13-20-18/h6-8,11,15,17-19H,2-5,9-10,12-13H2,1H3. The Morgan fingerprint density at radius 1 is 1.10 bits per heavy atom. The maximum absolute atomic E-state index is 6.19. The van der Waals surface area contributed by atoms with Crippen LogP contribution in [0.1, 0.15) is 55.8 Å². The molecule has 0 radical (unpaired) electrons. The van der Waals surface area contributed by atoms with Gasteiger partial charge in [0.2, 0.25) is 0 Å². The van der Waals surface area contributed by atoms with Gasteiger partial charge in [-0.25, -0.2) is 0 Å². The van der Waals surface area contributed by atoms with E-state index in [1.54, 1.807) is 0 Å². The summed E-state index contributed by atoms with van der Waals surface area (Å²) in [6, 6.07) is 9.31. The average molecular weight is 273 g/mol. The van der Waals surface area contributed by atoms with E-state index in [1.807, 2.05) is 0 Å². The highest BCUT2D eigenvalue weighted by atomic mass is 16.5. The minimum atomic E-state index is 0.244. The molecule has 1 aromatic rings. The zero-order valence-electron chi connectivity index (χ0n) is 12.6. The molecule has 0 aromatic heterocycles. The summed E-state index contributed by atoms with van der Waals surface area (Å²) in [6.45, 7) is 0.868. The summed E-state index contributed by atoms with van der Waals surface area (Å²) in [5, 5.41) is 3.59. The van der Waals surface area contributed by atoms with Crippen LogP contribution in [0.4, 0.5) is 0 Å². The Balaban J connectivity index is 1.82. The maximum atomic E-state index is 6.19. The molecule has 1 aliphatic heterocycles. The Morgan fingerprint density at radius 2 is 1.85 bits per heavy atom. The molecule has 2 unspecified atom stereocenters. The van der Waals surface area contributed by atoms with Crippen LogP contribution in [0.5, 0.6) is 0 Å². The van der Waals surface area contributed by atoms with Gasteiger partial charge in [0, 0.05) is 6.04 Å². The topological polar surface area (TPSA) is 21.3 Å². The van der Waals surface area contributed by atoms with Crippen LogP contribution in [0.25, 0.3) is 0 Å². The van der Waals surface area contributed by atoms with E-state index in [0.717, 1.165) is 18.9 Å². The van der Waals surface area contributed by atoms with Gasteiger partial charge in [0.15, 0.2) is 0 Å². The van der Waals surface area contributed by atoms with Gasteiger partial charge in [0.1, 0.15) is 0 Å². The van der Waals surface area contributed by atoms with E-state index in [4.69, 9.17) is 4.74 Å². The molecular weight excluding hydrogens is 246 g/mol. The molecule has 2 aliphatic rings. The van der Waals surface area contributed by atoms with E-state index >= 15 is 0 Å². The smallest absolute Gasteiger partial charge is 0.0983 e. The number of fused-ring (bicyclic) bond motifs is 1. The predicted octanol–water partition coefficient (Wildman–Crippen LogP) is 3.86. The van der Waals surface area contributed by atoms with Gasteiger partial charge in [-0.15, -0.1) is 0 Å². The van der Waals surface area contributed by atoms with Crippen LogP contribution < -0.4 is 5.32 Å². The van der Waals surface area contributed by atoms with Crippen LogP contribution in [0.15, 0.2) is 24.3 Å². The minimum Gasteiger partial charge on any atom is -0.372 e. The molecule has 2 heteroatoms. The molecule has 1 fully saturated rings. The normalized spacial score (nSPS) is 25.8. The fourth-order valence-corrected chi connectivity index (χ4v) is 4.03. The van der Waals surface area contributed by atoms with Crippen LogP contribution >= 0.6 is 0 Å². The van der Waals surface area contributed by atoms with Crippen molar-refractivity contribution in [2.24, 2.45) is 5.92 Å². The predicted molar refractivity (Wildman–Crippen MR) is 82.9 cm³/mol. The van der Waals surface area contributed by atoms with Crippen LogP contribution in [-0.4, -0.2) is 19.7 Å². The summed E-state index contributed by atoms with van der Waals surface area (Å²) in [6.07, 6.45) is 9.61. The van der Waals surface area contributed by atoms with Crippen molar-refractivity contribution in [3.63, 3.8) is 0 Å². The van der Waals surface area contributed by atoms with Crippen molar-refractivity contribution in [2.45, 2.75) is 57.1 Å². The van der Waals surface area contributed by atoms with E-state index < -0.39 is 0 Å². The Bertz CT molecular complexity index is 423. The van der Waals surface area contributed by atoms with E-state index in [0.29, 0.717) is 6.04 Å². The molecule has 20 heavy (non-hydrogen) atoms. The third-order valence-corrected chi connectivity index (χ3v) is 5.10. The Kier molecular flexibility index (Phi) is 4.74. The molecule has 0 bridgehead atoms. The lowest BCUT2D eigenvalue weighted by molar-refractivity contribution is -0.000405. The zero-order valence-corrected chi connectivity index (χ0v) is 12.6. The molecule has 0 spiro atoms. The highest BCUT2D eigenvalue weighted by molar-refractivity contribution is 5.32. The maximum Gasteiger partial charge on any atom is 0.0983 e. The Hall–Kier alpha value is -0.860. The molecule has 1 aliphatic carbocycles. The summed E-state index contributed by atoms with van der Waals surface area (Å²) in [4.78, 5) is 0. The molecule has 3 rings (SSSR count). The molecule has 110 valence electrons. The molecule has 0 saturated heterocycles. The second-order valence-corrected chi connectivity index (χ2v) is 6.31. The van der Waals surface area contributed by atoms with E-state index in [-0.39, 0.29) is 6.10 Å².